The minimum Gasteiger partial charge on any atom is -0.451 e. The maximum Gasteiger partial charge on any atom is 0.355 e. The summed E-state index contributed by atoms with van der Waals surface area (Å²) >= 11 is 0. The van der Waals surface area contributed by atoms with Gasteiger partial charge in [0.25, 0.3) is 5.91 Å². The SMILES string of the molecule is CC(=O)NC(=Cc1ccccc1)C(=O)OCC(=O)Nc1ccc(C(C)(C)C)cc1. The van der Waals surface area contributed by atoms with Crippen LogP contribution < -0.4 is 10.6 Å². The van der Waals surface area contributed by atoms with E-state index >= 15 is 0 Å². The van der Waals surface area contributed by atoms with E-state index in [9.17, 15) is 14.4 Å². The third-order valence-electron chi connectivity index (χ3n) is 4.01. The molecule has 0 aliphatic carbocycles. The van der Waals surface area contributed by atoms with Crippen LogP contribution in [0.2, 0.25) is 0 Å². The zero-order chi connectivity index (χ0) is 21.4. The van der Waals surface area contributed by atoms with Crippen molar-refractivity contribution in [3.05, 3.63) is 71.4 Å². The molecular weight excluding hydrogens is 368 g/mol. The van der Waals surface area contributed by atoms with E-state index in [0.717, 1.165) is 11.1 Å². The number of nitrogens with one attached hydrogen (secondary N) is 2. The summed E-state index contributed by atoms with van der Waals surface area (Å²) in [6.07, 6.45) is 1.49. The summed E-state index contributed by atoms with van der Waals surface area (Å²) in [6.45, 7) is 7.15. The standard InChI is InChI=1S/C23H26N2O4/c1-16(26)24-20(14-17-8-6-5-7-9-17)22(28)29-15-21(27)25-19-12-10-18(11-13-19)23(2,3)4/h5-14H,15H2,1-4H3,(H,24,26)(H,25,27). The second-order valence-corrected chi connectivity index (χ2v) is 7.60. The molecule has 0 fully saturated rings. The summed E-state index contributed by atoms with van der Waals surface area (Å²) in [7, 11) is 0. The van der Waals surface area contributed by atoms with E-state index in [4.69, 9.17) is 4.74 Å². The van der Waals surface area contributed by atoms with Gasteiger partial charge in [-0.2, -0.15) is 0 Å². The van der Waals surface area contributed by atoms with Gasteiger partial charge in [-0.1, -0.05) is 63.2 Å². The summed E-state index contributed by atoms with van der Waals surface area (Å²) < 4.78 is 5.06. The van der Waals surface area contributed by atoms with Gasteiger partial charge in [0.05, 0.1) is 0 Å². The quantitative estimate of drug-likeness (QED) is 0.579. The molecule has 6 nitrogen and oxygen atoms in total. The molecule has 0 heterocycles. The van der Waals surface area contributed by atoms with Crippen LogP contribution in [0, 0.1) is 0 Å². The van der Waals surface area contributed by atoms with Crippen LogP contribution in [0.4, 0.5) is 5.69 Å². The Bertz CT molecular complexity index is 895. The lowest BCUT2D eigenvalue weighted by molar-refractivity contribution is -0.144. The predicted molar refractivity (Wildman–Crippen MR) is 113 cm³/mol. The molecule has 2 amide bonds. The molecule has 0 aromatic heterocycles. The topological polar surface area (TPSA) is 84.5 Å². The summed E-state index contributed by atoms with van der Waals surface area (Å²) in [5, 5.41) is 5.12. The number of carbonyl (C=O) groups is 3. The lowest BCUT2D eigenvalue weighted by Gasteiger charge is -2.19. The Labute approximate surface area is 171 Å². The van der Waals surface area contributed by atoms with E-state index in [0.29, 0.717) is 5.69 Å². The molecule has 0 aliphatic rings. The van der Waals surface area contributed by atoms with Crippen LogP contribution in [0.15, 0.2) is 60.3 Å². The van der Waals surface area contributed by atoms with Gasteiger partial charge in [-0.05, 0) is 34.8 Å². The molecule has 0 radical (unpaired) electrons. The number of rotatable bonds is 6. The molecule has 6 heteroatoms. The molecule has 2 rings (SSSR count). The maximum atomic E-state index is 12.3. The lowest BCUT2D eigenvalue weighted by atomic mass is 9.87. The van der Waals surface area contributed by atoms with Crippen molar-refractivity contribution in [3.8, 4) is 0 Å². The van der Waals surface area contributed by atoms with Gasteiger partial charge in [0.15, 0.2) is 6.61 Å². The van der Waals surface area contributed by atoms with Crippen LogP contribution in [0.5, 0.6) is 0 Å². The van der Waals surface area contributed by atoms with Crippen LogP contribution in [-0.4, -0.2) is 24.4 Å². The summed E-state index contributed by atoms with van der Waals surface area (Å²) in [6, 6.07) is 16.5. The fourth-order valence-corrected chi connectivity index (χ4v) is 2.51. The van der Waals surface area contributed by atoms with Crippen molar-refractivity contribution in [2.45, 2.75) is 33.1 Å². The van der Waals surface area contributed by atoms with Crippen molar-refractivity contribution in [2.75, 3.05) is 11.9 Å². The highest BCUT2D eigenvalue weighted by Gasteiger charge is 2.16. The number of ether oxygens (including phenoxy) is 1. The molecule has 0 saturated heterocycles. The minimum atomic E-state index is -0.790. The van der Waals surface area contributed by atoms with Crippen LogP contribution in [0.25, 0.3) is 6.08 Å². The molecular formula is C23H26N2O4. The first-order chi connectivity index (χ1) is 13.6. The zero-order valence-electron chi connectivity index (χ0n) is 17.1. The van der Waals surface area contributed by atoms with Gasteiger partial charge < -0.3 is 15.4 Å². The molecule has 0 aliphatic heterocycles. The van der Waals surface area contributed by atoms with Gasteiger partial charge in [0.1, 0.15) is 5.70 Å². The van der Waals surface area contributed by atoms with Crippen molar-refractivity contribution in [1.29, 1.82) is 0 Å². The number of hydrogen-bond acceptors (Lipinski definition) is 4. The highest BCUT2D eigenvalue weighted by Crippen LogP contribution is 2.23. The number of amides is 2. The van der Waals surface area contributed by atoms with Gasteiger partial charge in [-0.15, -0.1) is 0 Å². The minimum absolute atomic E-state index is 0.0171. The normalized spacial score (nSPS) is 11.5. The number of benzene rings is 2. The molecule has 0 bridgehead atoms. The molecule has 2 aromatic carbocycles. The molecule has 2 aromatic rings. The lowest BCUT2D eigenvalue weighted by Crippen LogP contribution is -2.28. The van der Waals surface area contributed by atoms with Crippen molar-refractivity contribution < 1.29 is 19.1 Å². The first-order valence-electron chi connectivity index (χ1n) is 9.27. The Morgan fingerprint density at radius 1 is 0.966 bits per heavy atom. The summed E-state index contributed by atoms with van der Waals surface area (Å²) in [5.41, 5.74) is 2.46. The Morgan fingerprint density at radius 3 is 2.14 bits per heavy atom. The molecule has 0 atom stereocenters. The van der Waals surface area contributed by atoms with E-state index in [1.807, 2.05) is 18.2 Å². The monoisotopic (exact) mass is 394 g/mol. The van der Waals surface area contributed by atoms with E-state index < -0.39 is 24.4 Å². The van der Waals surface area contributed by atoms with Crippen molar-refractivity contribution in [3.63, 3.8) is 0 Å². The van der Waals surface area contributed by atoms with Crippen LogP contribution in [-0.2, 0) is 24.5 Å². The van der Waals surface area contributed by atoms with Gasteiger partial charge >= 0.3 is 5.97 Å². The molecule has 2 N–H and O–H groups in total. The largest absolute Gasteiger partial charge is 0.451 e. The Balaban J connectivity index is 1.97. The highest BCUT2D eigenvalue weighted by molar-refractivity contribution is 5.99. The van der Waals surface area contributed by atoms with Crippen molar-refractivity contribution >= 4 is 29.5 Å². The second-order valence-electron chi connectivity index (χ2n) is 7.60. The van der Waals surface area contributed by atoms with Crippen molar-refractivity contribution in [1.82, 2.24) is 5.32 Å². The van der Waals surface area contributed by atoms with Crippen LogP contribution in [0.3, 0.4) is 0 Å². The van der Waals surface area contributed by atoms with Crippen LogP contribution >= 0.6 is 0 Å². The average molecular weight is 394 g/mol. The number of hydrogen-bond donors (Lipinski definition) is 2. The maximum absolute atomic E-state index is 12.3. The van der Waals surface area contributed by atoms with Gasteiger partial charge in [-0.25, -0.2) is 4.79 Å². The Kier molecular flexibility index (Phi) is 7.31. The predicted octanol–water partition coefficient (Wildman–Crippen LogP) is 3.64. The third-order valence-corrected chi connectivity index (χ3v) is 4.01. The fraction of sp³-hybridized carbons (Fsp3) is 0.261. The number of esters is 1. The number of carbonyl (C=O) groups excluding carboxylic acids is 3. The molecule has 152 valence electrons. The van der Waals surface area contributed by atoms with Gasteiger partial charge in [0.2, 0.25) is 5.91 Å². The summed E-state index contributed by atoms with van der Waals surface area (Å²) in [4.78, 5) is 35.8. The molecule has 0 saturated carbocycles. The van der Waals surface area contributed by atoms with Crippen molar-refractivity contribution in [2.24, 2.45) is 0 Å². The highest BCUT2D eigenvalue weighted by atomic mass is 16.5. The average Bonchev–Trinajstić information content (AvgIpc) is 2.66. The third kappa shape index (κ3) is 7.25. The first-order valence-corrected chi connectivity index (χ1v) is 9.27. The summed E-state index contributed by atoms with van der Waals surface area (Å²) in [5.74, 6) is -1.67. The first kappa shape index (κ1) is 21.9. The zero-order valence-corrected chi connectivity index (χ0v) is 17.1. The molecule has 0 spiro atoms. The van der Waals surface area contributed by atoms with E-state index in [-0.39, 0.29) is 11.1 Å². The van der Waals surface area contributed by atoms with E-state index in [2.05, 4.69) is 31.4 Å². The second kappa shape index (κ2) is 9.68. The molecule has 0 unspecified atom stereocenters. The Morgan fingerprint density at radius 2 is 1.59 bits per heavy atom. The van der Waals surface area contributed by atoms with E-state index in [1.54, 1.807) is 36.4 Å². The smallest absolute Gasteiger partial charge is 0.355 e. The molecule has 29 heavy (non-hydrogen) atoms. The van der Waals surface area contributed by atoms with Crippen LogP contribution in [0.1, 0.15) is 38.8 Å². The Hall–Kier alpha value is -3.41. The van der Waals surface area contributed by atoms with Gasteiger partial charge in [0, 0.05) is 12.6 Å². The van der Waals surface area contributed by atoms with E-state index in [1.165, 1.54) is 13.0 Å². The fourth-order valence-electron chi connectivity index (χ4n) is 2.51. The number of anilines is 1. The van der Waals surface area contributed by atoms with Gasteiger partial charge in [-0.3, -0.25) is 9.59 Å².